The molecule has 1 unspecified atom stereocenters. The van der Waals surface area contributed by atoms with Gasteiger partial charge in [0.1, 0.15) is 5.75 Å². The maximum Gasteiger partial charge on any atom is 0.228 e. The van der Waals surface area contributed by atoms with Crippen molar-refractivity contribution in [3.05, 3.63) is 48.3 Å². The third kappa shape index (κ3) is 3.36. The van der Waals surface area contributed by atoms with Crippen molar-refractivity contribution in [2.24, 2.45) is 0 Å². The van der Waals surface area contributed by atoms with E-state index in [0.717, 1.165) is 5.56 Å². The normalized spacial score (nSPS) is 16.4. The van der Waals surface area contributed by atoms with Crippen LogP contribution in [-0.2, 0) is 16.1 Å². The molecule has 1 aliphatic rings. The van der Waals surface area contributed by atoms with E-state index in [1.165, 1.54) is 0 Å². The van der Waals surface area contributed by atoms with Crippen molar-refractivity contribution in [3.63, 3.8) is 0 Å². The van der Waals surface area contributed by atoms with Crippen LogP contribution < -0.4 is 15.4 Å². The summed E-state index contributed by atoms with van der Waals surface area (Å²) in [7, 11) is 1.58. The van der Waals surface area contributed by atoms with Gasteiger partial charge in [0.2, 0.25) is 11.8 Å². The monoisotopic (exact) mass is 313 g/mol. The number of nitrogens with zero attached hydrogens (tertiary/aromatic N) is 1. The molecule has 0 radical (unpaired) electrons. The lowest BCUT2D eigenvalue weighted by Crippen LogP contribution is -2.36. The molecule has 2 heterocycles. The van der Waals surface area contributed by atoms with Gasteiger partial charge >= 0.3 is 0 Å². The van der Waals surface area contributed by atoms with E-state index in [0.29, 0.717) is 24.5 Å². The van der Waals surface area contributed by atoms with Crippen LogP contribution in [0.15, 0.2) is 42.7 Å². The number of anilines is 1. The number of aromatic nitrogens is 1. The second-order valence-corrected chi connectivity index (χ2v) is 5.47. The fraction of sp³-hybridized carbons (Fsp3) is 0.294. The Morgan fingerprint density at radius 1 is 1.39 bits per heavy atom. The minimum atomic E-state index is -0.487. The van der Waals surface area contributed by atoms with Gasteiger partial charge in [-0.1, -0.05) is 0 Å². The van der Waals surface area contributed by atoms with Gasteiger partial charge in [0.15, 0.2) is 0 Å². The first-order valence-corrected chi connectivity index (χ1v) is 7.53. The van der Waals surface area contributed by atoms with E-state index in [4.69, 9.17) is 4.74 Å². The molecular weight excluding hydrogens is 294 g/mol. The number of hydrogen-bond acceptors (Lipinski definition) is 3. The zero-order chi connectivity index (χ0) is 16.2. The molecule has 1 aromatic carbocycles. The summed E-state index contributed by atoms with van der Waals surface area (Å²) in [6, 6.07) is 9.23. The van der Waals surface area contributed by atoms with Crippen LogP contribution in [0.25, 0.3) is 0 Å². The van der Waals surface area contributed by atoms with Crippen LogP contribution >= 0.6 is 0 Å². The van der Waals surface area contributed by atoms with E-state index < -0.39 is 5.92 Å². The Balaban J connectivity index is 1.71. The van der Waals surface area contributed by atoms with Crippen molar-refractivity contribution in [1.82, 2.24) is 9.88 Å². The molecular formula is C17H19N3O3. The molecule has 6 nitrogen and oxygen atoms in total. The molecule has 6 heteroatoms. The van der Waals surface area contributed by atoms with E-state index in [1.54, 1.807) is 19.2 Å². The largest absolute Gasteiger partial charge is 0.497 e. The molecule has 0 saturated carbocycles. The zero-order valence-corrected chi connectivity index (χ0v) is 12.9. The highest BCUT2D eigenvalue weighted by Crippen LogP contribution is 2.34. The molecule has 2 aromatic rings. The van der Waals surface area contributed by atoms with Crippen molar-refractivity contribution in [2.45, 2.75) is 18.9 Å². The van der Waals surface area contributed by atoms with Gasteiger partial charge in [-0.05, 0) is 35.9 Å². The first kappa shape index (κ1) is 15.1. The van der Waals surface area contributed by atoms with Gasteiger partial charge in [0.25, 0.3) is 0 Å². The quantitative estimate of drug-likeness (QED) is 0.883. The molecule has 2 N–H and O–H groups in total. The molecule has 2 amide bonds. The molecule has 23 heavy (non-hydrogen) atoms. The highest BCUT2D eigenvalue weighted by molar-refractivity contribution is 6.01. The Bertz CT molecular complexity index is 710. The van der Waals surface area contributed by atoms with Crippen LogP contribution in [0.3, 0.4) is 0 Å². The summed E-state index contributed by atoms with van der Waals surface area (Å²) in [6.07, 6.45) is 4.04. The number of nitrogens with one attached hydrogen (secondary N) is 2. The van der Waals surface area contributed by atoms with Crippen LogP contribution in [0.4, 0.5) is 5.69 Å². The summed E-state index contributed by atoms with van der Waals surface area (Å²) in [6.45, 7) is 1.22. The number of amides is 2. The smallest absolute Gasteiger partial charge is 0.228 e. The average Bonchev–Trinajstić information content (AvgIpc) is 3.07. The van der Waals surface area contributed by atoms with Crippen molar-refractivity contribution in [3.8, 4) is 5.75 Å². The SMILES string of the molecule is COc1ccc2c(c1)C(C(=O)NCCn1cccc1)CC(=O)N2. The highest BCUT2D eigenvalue weighted by atomic mass is 16.5. The molecule has 3 rings (SSSR count). The van der Waals surface area contributed by atoms with Crippen molar-refractivity contribution in [2.75, 3.05) is 19.0 Å². The van der Waals surface area contributed by atoms with Crippen molar-refractivity contribution >= 4 is 17.5 Å². The number of carbonyl (C=O) groups excluding carboxylic acids is 2. The first-order valence-electron chi connectivity index (χ1n) is 7.53. The maximum atomic E-state index is 12.5. The van der Waals surface area contributed by atoms with E-state index in [1.807, 2.05) is 35.2 Å². The Morgan fingerprint density at radius 3 is 2.91 bits per heavy atom. The van der Waals surface area contributed by atoms with Gasteiger partial charge in [-0.25, -0.2) is 0 Å². The first-order chi connectivity index (χ1) is 11.2. The summed E-state index contributed by atoms with van der Waals surface area (Å²) in [5, 5.41) is 5.70. The second kappa shape index (κ2) is 6.56. The Morgan fingerprint density at radius 2 is 2.17 bits per heavy atom. The fourth-order valence-electron chi connectivity index (χ4n) is 2.75. The third-order valence-electron chi connectivity index (χ3n) is 3.95. The van der Waals surface area contributed by atoms with Gasteiger partial charge in [-0.3, -0.25) is 9.59 Å². The van der Waals surface area contributed by atoms with Crippen LogP contribution in [-0.4, -0.2) is 30.0 Å². The molecule has 0 fully saturated rings. The number of fused-ring (bicyclic) bond motifs is 1. The molecule has 120 valence electrons. The number of ether oxygens (including phenoxy) is 1. The zero-order valence-electron chi connectivity index (χ0n) is 12.9. The van der Waals surface area contributed by atoms with Crippen LogP contribution in [0.5, 0.6) is 5.75 Å². The molecule has 0 aliphatic carbocycles. The summed E-state index contributed by atoms with van der Waals surface area (Å²) >= 11 is 0. The Labute approximate surface area is 134 Å². The molecule has 0 bridgehead atoms. The topological polar surface area (TPSA) is 72.4 Å². The number of carbonyl (C=O) groups is 2. The van der Waals surface area contributed by atoms with Crippen LogP contribution in [0, 0.1) is 0 Å². The maximum absolute atomic E-state index is 12.5. The van der Waals surface area contributed by atoms with E-state index in [2.05, 4.69) is 10.6 Å². The van der Waals surface area contributed by atoms with E-state index >= 15 is 0 Å². The number of rotatable bonds is 5. The number of benzene rings is 1. The lowest BCUT2D eigenvalue weighted by atomic mass is 9.89. The summed E-state index contributed by atoms with van der Waals surface area (Å²) in [4.78, 5) is 24.3. The number of hydrogen-bond donors (Lipinski definition) is 2. The Kier molecular flexibility index (Phi) is 4.32. The molecule has 1 atom stereocenters. The lowest BCUT2D eigenvalue weighted by Gasteiger charge is -2.25. The van der Waals surface area contributed by atoms with Gasteiger partial charge in [-0.2, -0.15) is 0 Å². The third-order valence-corrected chi connectivity index (χ3v) is 3.95. The summed E-state index contributed by atoms with van der Waals surface area (Å²) in [5.74, 6) is -0.0988. The number of methoxy groups -OCH3 is 1. The average molecular weight is 313 g/mol. The van der Waals surface area contributed by atoms with Crippen LogP contribution in [0.1, 0.15) is 17.9 Å². The minimum absolute atomic E-state index is 0.137. The standard InChI is InChI=1S/C17H19N3O3/c1-23-12-4-5-15-13(10-12)14(11-16(21)19-15)17(22)18-6-9-20-7-2-3-8-20/h2-5,7-8,10,14H,6,9,11H2,1H3,(H,18,22)(H,19,21). The predicted molar refractivity (Wildman–Crippen MR) is 86.4 cm³/mol. The lowest BCUT2D eigenvalue weighted by molar-refractivity contribution is -0.126. The minimum Gasteiger partial charge on any atom is -0.497 e. The fourth-order valence-corrected chi connectivity index (χ4v) is 2.75. The van der Waals surface area contributed by atoms with E-state index in [9.17, 15) is 9.59 Å². The molecule has 1 aromatic heterocycles. The Hall–Kier alpha value is -2.76. The van der Waals surface area contributed by atoms with Gasteiger partial charge in [0.05, 0.1) is 13.0 Å². The highest BCUT2D eigenvalue weighted by Gasteiger charge is 2.30. The predicted octanol–water partition coefficient (Wildman–Crippen LogP) is 1.74. The summed E-state index contributed by atoms with van der Waals surface area (Å²) < 4.78 is 7.21. The van der Waals surface area contributed by atoms with E-state index in [-0.39, 0.29) is 18.2 Å². The summed E-state index contributed by atoms with van der Waals surface area (Å²) in [5.41, 5.74) is 1.47. The van der Waals surface area contributed by atoms with Crippen molar-refractivity contribution in [1.29, 1.82) is 0 Å². The second-order valence-electron chi connectivity index (χ2n) is 5.47. The van der Waals surface area contributed by atoms with Crippen molar-refractivity contribution < 1.29 is 14.3 Å². The molecule has 1 aliphatic heterocycles. The molecule has 0 spiro atoms. The van der Waals surface area contributed by atoms with Gasteiger partial charge in [0, 0.05) is 37.6 Å². The van der Waals surface area contributed by atoms with Gasteiger partial charge < -0.3 is 19.9 Å². The van der Waals surface area contributed by atoms with Crippen LogP contribution in [0.2, 0.25) is 0 Å². The van der Waals surface area contributed by atoms with Gasteiger partial charge in [-0.15, -0.1) is 0 Å². The molecule has 0 saturated heterocycles.